The summed E-state index contributed by atoms with van der Waals surface area (Å²) >= 11 is 3.79. The van der Waals surface area contributed by atoms with Gasteiger partial charge in [-0.05, 0) is 88.4 Å². The molecule has 0 aliphatic carbocycles. The molecule has 0 N–H and O–H groups in total. The summed E-state index contributed by atoms with van der Waals surface area (Å²) in [6.45, 7) is 13.7. The number of nitrogens with zero attached hydrogens (tertiary/aromatic N) is 1. The van der Waals surface area contributed by atoms with Gasteiger partial charge in [-0.2, -0.15) is 0 Å². The lowest BCUT2D eigenvalue weighted by atomic mass is 9.82. The standard InChI is InChI=1S/C34H33NS2/c1-20(2)13-26-16-24-12-11-23(18-32(24)37-26)28-19-30(35-31-14-21(3)36-33(28)31)25-15-22-9-7-8-10-27(22)29(17-25)34(4,5)6/h7-12,14-20H,13H2,1-6H3. The SMILES string of the molecule is Cc1cc2nc(-c3cc(C(C)(C)C)c4ccccc4c3)cc(-c3ccc4cc(CC(C)C)sc4c3)c2s1. The Hall–Kier alpha value is -3.01. The fraction of sp³-hybridized carbons (Fsp3) is 0.265. The minimum Gasteiger partial charge on any atom is -0.247 e. The number of aromatic nitrogens is 1. The molecule has 0 radical (unpaired) electrons. The topological polar surface area (TPSA) is 12.9 Å². The van der Waals surface area contributed by atoms with Crippen molar-refractivity contribution in [3.8, 4) is 22.4 Å². The van der Waals surface area contributed by atoms with Crippen LogP contribution in [0.1, 0.15) is 49.9 Å². The largest absolute Gasteiger partial charge is 0.247 e. The van der Waals surface area contributed by atoms with Gasteiger partial charge in [-0.3, -0.25) is 0 Å². The normalized spacial score (nSPS) is 12.4. The smallest absolute Gasteiger partial charge is 0.0826 e. The highest BCUT2D eigenvalue weighted by molar-refractivity contribution is 7.19. The van der Waals surface area contributed by atoms with E-state index < -0.39 is 0 Å². The van der Waals surface area contributed by atoms with Crippen LogP contribution in [0.4, 0.5) is 0 Å². The fourth-order valence-electron chi connectivity index (χ4n) is 5.34. The summed E-state index contributed by atoms with van der Waals surface area (Å²) in [6, 6.07) is 27.3. The van der Waals surface area contributed by atoms with E-state index in [0.717, 1.165) is 17.6 Å². The number of thiophene rings is 2. The zero-order valence-electron chi connectivity index (χ0n) is 22.5. The van der Waals surface area contributed by atoms with Crippen LogP contribution in [0.25, 0.3) is 53.5 Å². The van der Waals surface area contributed by atoms with E-state index in [1.807, 2.05) is 22.7 Å². The zero-order valence-corrected chi connectivity index (χ0v) is 24.1. The number of fused-ring (bicyclic) bond motifs is 3. The van der Waals surface area contributed by atoms with Crippen molar-refractivity contribution in [3.63, 3.8) is 0 Å². The number of rotatable bonds is 4. The van der Waals surface area contributed by atoms with Crippen molar-refractivity contribution < 1.29 is 0 Å². The lowest BCUT2D eigenvalue weighted by Gasteiger charge is -2.23. The van der Waals surface area contributed by atoms with E-state index in [-0.39, 0.29) is 5.41 Å². The summed E-state index contributed by atoms with van der Waals surface area (Å²) in [5, 5.41) is 3.95. The van der Waals surface area contributed by atoms with Gasteiger partial charge in [0.1, 0.15) is 0 Å². The molecule has 0 aliphatic rings. The Balaban J connectivity index is 1.56. The number of hydrogen-bond acceptors (Lipinski definition) is 3. The van der Waals surface area contributed by atoms with Gasteiger partial charge in [-0.15, -0.1) is 22.7 Å². The van der Waals surface area contributed by atoms with Gasteiger partial charge in [0.05, 0.1) is 15.9 Å². The van der Waals surface area contributed by atoms with Crippen molar-refractivity contribution in [2.75, 3.05) is 0 Å². The Morgan fingerprint density at radius 1 is 0.811 bits per heavy atom. The highest BCUT2D eigenvalue weighted by atomic mass is 32.1. The van der Waals surface area contributed by atoms with Gasteiger partial charge in [-0.1, -0.05) is 71.0 Å². The van der Waals surface area contributed by atoms with E-state index >= 15 is 0 Å². The molecule has 0 aliphatic heterocycles. The highest BCUT2D eigenvalue weighted by Crippen LogP contribution is 2.41. The predicted molar refractivity (Wildman–Crippen MR) is 165 cm³/mol. The van der Waals surface area contributed by atoms with Gasteiger partial charge in [-0.25, -0.2) is 4.98 Å². The molecule has 3 heterocycles. The van der Waals surface area contributed by atoms with Gasteiger partial charge in [0.15, 0.2) is 0 Å². The molecule has 0 fully saturated rings. The van der Waals surface area contributed by atoms with Crippen molar-refractivity contribution in [3.05, 3.63) is 88.1 Å². The van der Waals surface area contributed by atoms with Crippen LogP contribution < -0.4 is 0 Å². The molecule has 6 rings (SSSR count). The summed E-state index contributed by atoms with van der Waals surface area (Å²) in [6.07, 6.45) is 1.14. The van der Waals surface area contributed by atoms with Crippen LogP contribution in [0.15, 0.2) is 72.8 Å². The Bertz CT molecular complexity index is 1780. The van der Waals surface area contributed by atoms with Crippen LogP contribution >= 0.6 is 22.7 Å². The number of benzene rings is 3. The van der Waals surface area contributed by atoms with E-state index in [1.54, 1.807) is 0 Å². The monoisotopic (exact) mass is 519 g/mol. The zero-order chi connectivity index (χ0) is 25.9. The van der Waals surface area contributed by atoms with Crippen LogP contribution in [0.2, 0.25) is 0 Å². The Morgan fingerprint density at radius 2 is 1.62 bits per heavy atom. The minimum absolute atomic E-state index is 0.0411. The predicted octanol–water partition coefficient (Wildman–Crippen LogP) is 10.8. The molecule has 0 atom stereocenters. The lowest BCUT2D eigenvalue weighted by molar-refractivity contribution is 0.596. The van der Waals surface area contributed by atoms with Crippen molar-refractivity contribution >= 4 is 53.7 Å². The second-order valence-corrected chi connectivity index (χ2v) is 14.1. The molecular formula is C34H33NS2. The molecule has 0 amide bonds. The van der Waals surface area contributed by atoms with Gasteiger partial charge < -0.3 is 0 Å². The molecule has 0 spiro atoms. The second kappa shape index (κ2) is 9.08. The maximum Gasteiger partial charge on any atom is 0.0826 e. The van der Waals surface area contributed by atoms with Crippen LogP contribution in [-0.2, 0) is 11.8 Å². The molecule has 3 aromatic heterocycles. The third-order valence-electron chi connectivity index (χ3n) is 7.06. The van der Waals surface area contributed by atoms with Crippen LogP contribution in [0, 0.1) is 12.8 Å². The number of hydrogen-bond donors (Lipinski definition) is 0. The Labute approximate surface area is 227 Å². The van der Waals surface area contributed by atoms with E-state index in [9.17, 15) is 0 Å². The lowest BCUT2D eigenvalue weighted by Crippen LogP contribution is -2.12. The molecule has 6 aromatic rings. The molecule has 186 valence electrons. The molecular weight excluding hydrogens is 487 g/mol. The van der Waals surface area contributed by atoms with Gasteiger partial charge >= 0.3 is 0 Å². The van der Waals surface area contributed by atoms with Gasteiger partial charge in [0.25, 0.3) is 0 Å². The summed E-state index contributed by atoms with van der Waals surface area (Å²) in [5.41, 5.74) is 7.28. The molecule has 0 unspecified atom stereocenters. The maximum absolute atomic E-state index is 5.19. The van der Waals surface area contributed by atoms with Gasteiger partial charge in [0, 0.05) is 25.6 Å². The molecule has 0 saturated heterocycles. The number of pyridine rings is 1. The first kappa shape index (κ1) is 24.3. The minimum atomic E-state index is 0.0411. The van der Waals surface area contributed by atoms with Crippen LogP contribution in [0.3, 0.4) is 0 Å². The second-order valence-electron chi connectivity index (χ2n) is 11.7. The molecule has 1 nitrogen and oxygen atoms in total. The molecule has 3 aromatic carbocycles. The third kappa shape index (κ3) is 4.60. The van der Waals surface area contributed by atoms with E-state index in [2.05, 4.69) is 114 Å². The summed E-state index contributed by atoms with van der Waals surface area (Å²) in [4.78, 5) is 7.96. The van der Waals surface area contributed by atoms with E-state index in [4.69, 9.17) is 4.98 Å². The average Bonchev–Trinajstić information content (AvgIpc) is 3.42. The first-order chi connectivity index (χ1) is 17.7. The summed E-state index contributed by atoms with van der Waals surface area (Å²) in [5.74, 6) is 0.670. The maximum atomic E-state index is 5.19. The quantitative estimate of drug-likeness (QED) is 0.226. The molecule has 0 saturated carbocycles. The first-order valence-electron chi connectivity index (χ1n) is 13.1. The Kier molecular flexibility index (Phi) is 5.97. The average molecular weight is 520 g/mol. The third-order valence-corrected chi connectivity index (χ3v) is 9.25. The van der Waals surface area contributed by atoms with Crippen molar-refractivity contribution in [2.45, 2.75) is 53.4 Å². The summed E-state index contributed by atoms with van der Waals surface area (Å²) < 4.78 is 2.64. The van der Waals surface area contributed by atoms with Crippen LogP contribution in [-0.4, -0.2) is 4.98 Å². The van der Waals surface area contributed by atoms with Gasteiger partial charge in [0.2, 0.25) is 0 Å². The van der Waals surface area contributed by atoms with E-state index in [0.29, 0.717) is 5.92 Å². The van der Waals surface area contributed by atoms with Crippen LogP contribution in [0.5, 0.6) is 0 Å². The first-order valence-corrected chi connectivity index (χ1v) is 14.8. The molecule has 0 bridgehead atoms. The molecule has 3 heteroatoms. The van der Waals surface area contributed by atoms with E-state index in [1.165, 1.54) is 57.6 Å². The highest BCUT2D eigenvalue weighted by Gasteiger charge is 2.20. The van der Waals surface area contributed by atoms with Crippen molar-refractivity contribution in [1.82, 2.24) is 4.98 Å². The summed E-state index contributed by atoms with van der Waals surface area (Å²) in [7, 11) is 0. The Morgan fingerprint density at radius 3 is 2.41 bits per heavy atom. The van der Waals surface area contributed by atoms with Crippen molar-refractivity contribution in [2.24, 2.45) is 5.92 Å². The van der Waals surface area contributed by atoms with Crippen molar-refractivity contribution in [1.29, 1.82) is 0 Å². The number of aryl methyl sites for hydroxylation is 1. The fourth-order valence-corrected chi connectivity index (χ4v) is 7.64. The molecule has 37 heavy (non-hydrogen) atoms.